The SMILES string of the molecule is CC1=C(Cl)S(=O)c2ccccc21. The van der Waals surface area contributed by atoms with Crippen molar-refractivity contribution in [3.05, 3.63) is 34.2 Å². The summed E-state index contributed by atoms with van der Waals surface area (Å²) < 4.78 is 12.0. The van der Waals surface area contributed by atoms with Crippen molar-refractivity contribution in [1.29, 1.82) is 0 Å². The number of benzene rings is 1. The van der Waals surface area contributed by atoms with E-state index in [1.54, 1.807) is 0 Å². The smallest absolute Gasteiger partial charge is 0.113 e. The van der Waals surface area contributed by atoms with Crippen LogP contribution in [0.3, 0.4) is 0 Å². The molecule has 1 nitrogen and oxygen atoms in total. The van der Waals surface area contributed by atoms with E-state index < -0.39 is 10.8 Å². The van der Waals surface area contributed by atoms with Gasteiger partial charge < -0.3 is 0 Å². The summed E-state index contributed by atoms with van der Waals surface area (Å²) in [7, 11) is -1.13. The zero-order chi connectivity index (χ0) is 8.72. The molecule has 1 atom stereocenters. The van der Waals surface area contributed by atoms with Crippen LogP contribution in [0.2, 0.25) is 0 Å². The van der Waals surface area contributed by atoms with Gasteiger partial charge in [-0.15, -0.1) is 0 Å². The van der Waals surface area contributed by atoms with Gasteiger partial charge in [-0.2, -0.15) is 0 Å². The summed E-state index contributed by atoms with van der Waals surface area (Å²) in [6.45, 7) is 1.89. The van der Waals surface area contributed by atoms with E-state index in [9.17, 15) is 4.21 Å². The fraction of sp³-hybridized carbons (Fsp3) is 0.111. The lowest BCUT2D eigenvalue weighted by Crippen LogP contribution is -1.84. The lowest BCUT2D eigenvalue weighted by atomic mass is 10.1. The monoisotopic (exact) mass is 198 g/mol. The molecule has 0 spiro atoms. The summed E-state index contributed by atoms with van der Waals surface area (Å²) >= 11 is 5.86. The minimum Gasteiger partial charge on any atom is -0.248 e. The zero-order valence-electron chi connectivity index (χ0n) is 6.50. The van der Waals surface area contributed by atoms with E-state index in [0.717, 1.165) is 16.0 Å². The second kappa shape index (κ2) is 2.71. The number of hydrogen-bond donors (Lipinski definition) is 0. The summed E-state index contributed by atoms with van der Waals surface area (Å²) in [4.78, 5) is 0.833. The van der Waals surface area contributed by atoms with Gasteiger partial charge in [-0.25, -0.2) is 4.21 Å². The molecule has 62 valence electrons. The van der Waals surface area contributed by atoms with Gasteiger partial charge in [0.05, 0.1) is 15.7 Å². The van der Waals surface area contributed by atoms with Crippen molar-refractivity contribution in [2.24, 2.45) is 0 Å². The molecule has 1 aromatic rings. The molecule has 0 radical (unpaired) electrons. The highest BCUT2D eigenvalue weighted by Gasteiger charge is 2.23. The minimum atomic E-state index is -1.13. The third kappa shape index (κ3) is 0.952. The van der Waals surface area contributed by atoms with Gasteiger partial charge in [0.1, 0.15) is 4.36 Å². The predicted octanol–water partition coefficient (Wildman–Crippen LogP) is 2.74. The number of rotatable bonds is 0. The van der Waals surface area contributed by atoms with Gasteiger partial charge in [-0.3, -0.25) is 0 Å². The minimum absolute atomic E-state index is 0.469. The Morgan fingerprint density at radius 1 is 1.33 bits per heavy atom. The average Bonchev–Trinajstić information content (AvgIpc) is 2.33. The van der Waals surface area contributed by atoms with Crippen LogP contribution in [0.4, 0.5) is 0 Å². The summed E-state index contributed by atoms with van der Waals surface area (Å²) in [5, 5.41) is 0. The Hall–Kier alpha value is -0.600. The number of hydrogen-bond acceptors (Lipinski definition) is 1. The topological polar surface area (TPSA) is 17.1 Å². The average molecular weight is 199 g/mol. The normalized spacial score (nSPS) is 21.3. The molecule has 0 saturated carbocycles. The maximum atomic E-state index is 11.5. The van der Waals surface area contributed by atoms with Gasteiger partial charge in [-0.1, -0.05) is 29.8 Å². The third-order valence-corrected chi connectivity index (χ3v) is 4.04. The van der Waals surface area contributed by atoms with E-state index in [1.807, 2.05) is 31.2 Å². The predicted molar refractivity (Wildman–Crippen MR) is 51.3 cm³/mol. The van der Waals surface area contributed by atoms with E-state index in [2.05, 4.69) is 0 Å². The van der Waals surface area contributed by atoms with Gasteiger partial charge in [0, 0.05) is 0 Å². The van der Waals surface area contributed by atoms with E-state index in [0.29, 0.717) is 4.36 Å². The summed E-state index contributed by atoms with van der Waals surface area (Å²) in [5.41, 5.74) is 1.95. The molecule has 1 unspecified atom stereocenters. The van der Waals surface area contributed by atoms with Crippen LogP contribution in [0.25, 0.3) is 5.57 Å². The summed E-state index contributed by atoms with van der Waals surface area (Å²) in [6.07, 6.45) is 0. The van der Waals surface area contributed by atoms with Crippen molar-refractivity contribution in [3.63, 3.8) is 0 Å². The van der Waals surface area contributed by atoms with Crippen molar-refractivity contribution >= 4 is 28.0 Å². The van der Waals surface area contributed by atoms with E-state index in [4.69, 9.17) is 11.6 Å². The largest absolute Gasteiger partial charge is 0.248 e. The van der Waals surface area contributed by atoms with Crippen LogP contribution in [0.1, 0.15) is 12.5 Å². The molecule has 0 aromatic heterocycles. The van der Waals surface area contributed by atoms with Gasteiger partial charge in [0.2, 0.25) is 0 Å². The Morgan fingerprint density at radius 2 is 2.00 bits per heavy atom. The quantitative estimate of drug-likeness (QED) is 0.627. The van der Waals surface area contributed by atoms with Crippen LogP contribution in [0, 0.1) is 0 Å². The third-order valence-electron chi connectivity index (χ3n) is 1.95. The molecule has 1 aliphatic heterocycles. The van der Waals surface area contributed by atoms with Gasteiger partial charge >= 0.3 is 0 Å². The first-order chi connectivity index (χ1) is 5.72. The van der Waals surface area contributed by atoms with Crippen molar-refractivity contribution in [2.75, 3.05) is 0 Å². The molecule has 0 fully saturated rings. The molecule has 1 aliphatic rings. The van der Waals surface area contributed by atoms with Crippen LogP contribution < -0.4 is 0 Å². The molecule has 0 amide bonds. The Morgan fingerprint density at radius 3 is 2.67 bits per heavy atom. The van der Waals surface area contributed by atoms with Crippen LogP contribution in [0.15, 0.2) is 33.5 Å². The molecular formula is C9H7ClOS. The summed E-state index contributed by atoms with van der Waals surface area (Å²) in [5.74, 6) is 0. The molecule has 0 saturated heterocycles. The maximum Gasteiger partial charge on any atom is 0.113 e. The highest BCUT2D eigenvalue weighted by Crippen LogP contribution is 2.37. The Balaban J connectivity index is 2.73. The fourth-order valence-corrected chi connectivity index (χ4v) is 2.83. The van der Waals surface area contributed by atoms with Crippen molar-refractivity contribution in [1.82, 2.24) is 0 Å². The molecule has 0 aliphatic carbocycles. The Labute approximate surface area is 78.5 Å². The van der Waals surface area contributed by atoms with Crippen LogP contribution in [-0.2, 0) is 10.8 Å². The number of halogens is 1. The second-order valence-corrected chi connectivity index (χ2v) is 4.65. The van der Waals surface area contributed by atoms with Crippen molar-refractivity contribution in [3.8, 4) is 0 Å². The first-order valence-electron chi connectivity index (χ1n) is 3.59. The first kappa shape index (κ1) is 8.02. The molecule has 3 heteroatoms. The maximum absolute atomic E-state index is 11.5. The molecule has 0 bridgehead atoms. The highest BCUT2D eigenvalue weighted by molar-refractivity contribution is 7.91. The Bertz CT molecular complexity index is 395. The number of allylic oxidation sites excluding steroid dienone is 1. The second-order valence-electron chi connectivity index (χ2n) is 2.66. The molecule has 12 heavy (non-hydrogen) atoms. The van der Waals surface area contributed by atoms with Gasteiger partial charge in [0.25, 0.3) is 0 Å². The van der Waals surface area contributed by atoms with Crippen LogP contribution in [-0.4, -0.2) is 4.21 Å². The lowest BCUT2D eigenvalue weighted by Gasteiger charge is -1.95. The van der Waals surface area contributed by atoms with Gasteiger partial charge in [-0.05, 0) is 24.1 Å². The van der Waals surface area contributed by atoms with E-state index >= 15 is 0 Å². The molecule has 2 rings (SSSR count). The van der Waals surface area contributed by atoms with E-state index in [-0.39, 0.29) is 0 Å². The lowest BCUT2D eigenvalue weighted by molar-refractivity contribution is 0.688. The highest BCUT2D eigenvalue weighted by atomic mass is 35.5. The molecule has 1 heterocycles. The zero-order valence-corrected chi connectivity index (χ0v) is 8.08. The summed E-state index contributed by atoms with van der Waals surface area (Å²) in [6, 6.07) is 7.59. The van der Waals surface area contributed by atoms with Crippen molar-refractivity contribution < 1.29 is 4.21 Å². The molecule has 0 N–H and O–H groups in total. The molecular weight excluding hydrogens is 192 g/mol. The molecule has 1 aromatic carbocycles. The van der Waals surface area contributed by atoms with Crippen molar-refractivity contribution in [2.45, 2.75) is 11.8 Å². The first-order valence-corrected chi connectivity index (χ1v) is 5.12. The van der Waals surface area contributed by atoms with Crippen LogP contribution >= 0.6 is 11.6 Å². The number of fused-ring (bicyclic) bond motifs is 1. The van der Waals surface area contributed by atoms with Gasteiger partial charge in [0.15, 0.2) is 0 Å². The standard InChI is InChI=1S/C9H7ClOS/c1-6-7-4-2-3-5-8(7)12(11)9(6)10/h2-5H,1H3. The van der Waals surface area contributed by atoms with E-state index in [1.165, 1.54) is 0 Å². The fourth-order valence-electron chi connectivity index (χ4n) is 1.28. The van der Waals surface area contributed by atoms with Crippen LogP contribution in [0.5, 0.6) is 0 Å². The Kier molecular flexibility index (Phi) is 1.81.